The number of anilines is 1. The van der Waals surface area contributed by atoms with E-state index in [1.54, 1.807) is 18.6 Å². The highest BCUT2D eigenvalue weighted by Crippen LogP contribution is 2.25. The predicted octanol–water partition coefficient (Wildman–Crippen LogP) is 4.17. The van der Waals surface area contributed by atoms with Crippen LogP contribution in [0, 0.1) is 0 Å². The van der Waals surface area contributed by atoms with Gasteiger partial charge in [-0.3, -0.25) is 9.38 Å². The molecule has 4 aromatic rings. The summed E-state index contributed by atoms with van der Waals surface area (Å²) in [5.74, 6) is 0.749. The van der Waals surface area contributed by atoms with Gasteiger partial charge in [-0.15, -0.1) is 0 Å². The van der Waals surface area contributed by atoms with Crippen molar-refractivity contribution in [3.63, 3.8) is 0 Å². The molecule has 3 aromatic heterocycles. The van der Waals surface area contributed by atoms with Crippen molar-refractivity contribution < 1.29 is 0 Å². The summed E-state index contributed by atoms with van der Waals surface area (Å²) >= 11 is 3.54. The molecule has 0 bridgehead atoms. The SMILES string of the molecule is Brc1cnc2c(NCc3ccncc3)nc(-c3ccccc3)cn12. The largest absolute Gasteiger partial charge is 0.363 e. The molecule has 5 nitrogen and oxygen atoms in total. The van der Waals surface area contributed by atoms with Crippen LogP contribution >= 0.6 is 15.9 Å². The zero-order valence-electron chi connectivity index (χ0n) is 12.7. The van der Waals surface area contributed by atoms with E-state index in [1.165, 1.54) is 0 Å². The molecule has 4 rings (SSSR count). The summed E-state index contributed by atoms with van der Waals surface area (Å²) in [5.41, 5.74) is 3.88. The van der Waals surface area contributed by atoms with Gasteiger partial charge >= 0.3 is 0 Å². The maximum Gasteiger partial charge on any atom is 0.181 e. The van der Waals surface area contributed by atoms with Crippen molar-refractivity contribution in [1.82, 2.24) is 19.4 Å². The number of imidazole rings is 1. The number of hydrogen-bond acceptors (Lipinski definition) is 4. The maximum absolute atomic E-state index is 4.77. The Kier molecular flexibility index (Phi) is 3.96. The first kappa shape index (κ1) is 14.8. The molecule has 0 aliphatic rings. The Morgan fingerprint density at radius 2 is 1.83 bits per heavy atom. The lowest BCUT2D eigenvalue weighted by Gasteiger charge is -2.10. The average molecular weight is 380 g/mol. The Labute approximate surface area is 147 Å². The maximum atomic E-state index is 4.77. The molecule has 0 unspecified atom stereocenters. The molecule has 24 heavy (non-hydrogen) atoms. The lowest BCUT2D eigenvalue weighted by molar-refractivity contribution is 1.06. The Hall–Kier alpha value is -2.73. The van der Waals surface area contributed by atoms with Crippen molar-refractivity contribution in [3.8, 4) is 11.3 Å². The van der Waals surface area contributed by atoms with Gasteiger partial charge in [0.2, 0.25) is 0 Å². The van der Waals surface area contributed by atoms with Gasteiger partial charge in [0.05, 0.1) is 11.9 Å². The van der Waals surface area contributed by atoms with E-state index in [0.717, 1.165) is 32.9 Å². The summed E-state index contributed by atoms with van der Waals surface area (Å²) in [4.78, 5) is 13.3. The van der Waals surface area contributed by atoms with Crippen LogP contribution in [-0.4, -0.2) is 19.4 Å². The Morgan fingerprint density at radius 1 is 1.04 bits per heavy atom. The van der Waals surface area contributed by atoms with Crippen molar-refractivity contribution in [2.45, 2.75) is 6.54 Å². The van der Waals surface area contributed by atoms with Crippen LogP contribution in [0.4, 0.5) is 5.82 Å². The van der Waals surface area contributed by atoms with Crippen molar-refractivity contribution in [2.75, 3.05) is 5.32 Å². The molecule has 1 aromatic carbocycles. The van der Waals surface area contributed by atoms with Gasteiger partial charge in [-0.1, -0.05) is 30.3 Å². The zero-order chi connectivity index (χ0) is 16.4. The molecule has 0 atom stereocenters. The summed E-state index contributed by atoms with van der Waals surface area (Å²) in [5, 5.41) is 3.38. The third-order valence-electron chi connectivity index (χ3n) is 3.73. The number of benzene rings is 1. The summed E-state index contributed by atoms with van der Waals surface area (Å²) < 4.78 is 2.88. The van der Waals surface area contributed by atoms with Crippen LogP contribution in [0.1, 0.15) is 5.56 Å². The van der Waals surface area contributed by atoms with Crippen LogP contribution in [0.3, 0.4) is 0 Å². The van der Waals surface area contributed by atoms with E-state index in [9.17, 15) is 0 Å². The lowest BCUT2D eigenvalue weighted by Crippen LogP contribution is -2.05. The van der Waals surface area contributed by atoms with Crippen LogP contribution in [0.2, 0.25) is 0 Å². The fourth-order valence-electron chi connectivity index (χ4n) is 2.51. The van der Waals surface area contributed by atoms with Crippen LogP contribution in [0.5, 0.6) is 0 Å². The zero-order valence-corrected chi connectivity index (χ0v) is 14.3. The molecular weight excluding hydrogens is 366 g/mol. The number of fused-ring (bicyclic) bond motifs is 1. The second-order valence-electron chi connectivity index (χ2n) is 5.32. The molecule has 0 aliphatic carbocycles. The van der Waals surface area contributed by atoms with E-state index in [-0.39, 0.29) is 0 Å². The molecule has 0 amide bonds. The molecular formula is C18H14BrN5. The van der Waals surface area contributed by atoms with E-state index < -0.39 is 0 Å². The van der Waals surface area contributed by atoms with Gasteiger partial charge in [0, 0.05) is 30.7 Å². The topological polar surface area (TPSA) is 55.1 Å². The van der Waals surface area contributed by atoms with Gasteiger partial charge in [-0.2, -0.15) is 0 Å². The summed E-state index contributed by atoms with van der Waals surface area (Å²) in [6.45, 7) is 0.661. The van der Waals surface area contributed by atoms with Crippen molar-refractivity contribution >= 4 is 27.4 Å². The number of nitrogens with one attached hydrogen (secondary N) is 1. The van der Waals surface area contributed by atoms with Gasteiger partial charge < -0.3 is 5.32 Å². The summed E-state index contributed by atoms with van der Waals surface area (Å²) in [6.07, 6.45) is 7.34. The van der Waals surface area contributed by atoms with Crippen LogP contribution in [-0.2, 0) is 6.54 Å². The monoisotopic (exact) mass is 379 g/mol. The second-order valence-corrected chi connectivity index (χ2v) is 6.14. The van der Waals surface area contributed by atoms with Gasteiger partial charge in [-0.25, -0.2) is 9.97 Å². The van der Waals surface area contributed by atoms with Gasteiger partial charge in [0.25, 0.3) is 0 Å². The molecule has 0 saturated carbocycles. The highest BCUT2D eigenvalue weighted by Gasteiger charge is 2.11. The van der Waals surface area contributed by atoms with Crippen LogP contribution in [0.25, 0.3) is 16.9 Å². The highest BCUT2D eigenvalue weighted by atomic mass is 79.9. The van der Waals surface area contributed by atoms with Gasteiger partial charge in [-0.05, 0) is 33.6 Å². The standard InChI is InChI=1S/C18H14BrN5/c19-16-11-22-18-17(21-10-13-6-8-20-9-7-13)23-15(12-24(16)18)14-4-2-1-3-5-14/h1-9,11-12H,10H2,(H,21,23). The second kappa shape index (κ2) is 6.41. The molecule has 0 aliphatic heterocycles. The number of aromatic nitrogens is 4. The normalized spacial score (nSPS) is 10.9. The fraction of sp³-hybridized carbons (Fsp3) is 0.0556. The molecule has 6 heteroatoms. The first-order valence-electron chi connectivity index (χ1n) is 7.53. The first-order chi connectivity index (χ1) is 11.8. The smallest absolute Gasteiger partial charge is 0.181 e. The van der Waals surface area contributed by atoms with E-state index >= 15 is 0 Å². The van der Waals surface area contributed by atoms with E-state index in [1.807, 2.05) is 53.1 Å². The Bertz CT molecular complexity index is 967. The minimum absolute atomic E-state index is 0.661. The van der Waals surface area contributed by atoms with E-state index in [0.29, 0.717) is 6.54 Å². The predicted molar refractivity (Wildman–Crippen MR) is 97.7 cm³/mol. The van der Waals surface area contributed by atoms with E-state index in [2.05, 4.69) is 31.2 Å². The van der Waals surface area contributed by atoms with Gasteiger partial charge in [0.15, 0.2) is 11.5 Å². The minimum Gasteiger partial charge on any atom is -0.363 e. The molecule has 118 valence electrons. The quantitative estimate of drug-likeness (QED) is 0.578. The minimum atomic E-state index is 0.661. The molecule has 3 heterocycles. The van der Waals surface area contributed by atoms with Crippen LogP contribution in [0.15, 0.2) is 71.9 Å². The third kappa shape index (κ3) is 2.88. The Balaban J connectivity index is 1.76. The first-order valence-corrected chi connectivity index (χ1v) is 8.32. The number of rotatable bonds is 4. The van der Waals surface area contributed by atoms with Gasteiger partial charge in [0.1, 0.15) is 4.60 Å². The Morgan fingerprint density at radius 3 is 2.62 bits per heavy atom. The van der Waals surface area contributed by atoms with E-state index in [4.69, 9.17) is 4.98 Å². The molecule has 0 saturated heterocycles. The van der Waals surface area contributed by atoms with Crippen molar-refractivity contribution in [1.29, 1.82) is 0 Å². The summed E-state index contributed by atoms with van der Waals surface area (Å²) in [6, 6.07) is 14.1. The average Bonchev–Trinajstić information content (AvgIpc) is 3.02. The highest BCUT2D eigenvalue weighted by molar-refractivity contribution is 9.10. The van der Waals surface area contributed by atoms with Crippen molar-refractivity contribution in [2.24, 2.45) is 0 Å². The number of pyridine rings is 1. The molecule has 0 spiro atoms. The fourth-order valence-corrected chi connectivity index (χ4v) is 2.89. The molecule has 0 fully saturated rings. The van der Waals surface area contributed by atoms with Crippen molar-refractivity contribution in [3.05, 3.63) is 77.4 Å². The third-order valence-corrected chi connectivity index (χ3v) is 4.31. The summed E-state index contributed by atoms with van der Waals surface area (Å²) in [7, 11) is 0. The van der Waals surface area contributed by atoms with Crippen LogP contribution < -0.4 is 5.32 Å². The number of nitrogens with zero attached hydrogens (tertiary/aromatic N) is 4. The molecule has 1 N–H and O–H groups in total. The molecule has 0 radical (unpaired) electrons. The number of hydrogen-bond donors (Lipinski definition) is 1. The number of halogens is 1. The lowest BCUT2D eigenvalue weighted by atomic mass is 10.2.